The van der Waals surface area contributed by atoms with E-state index in [0.717, 1.165) is 0 Å². The number of anilines is 1. The zero-order valence-corrected chi connectivity index (χ0v) is 11.7. The standard InChI is InChI=1S/C14H18N2O5/c1-9(13(17)16-4-6-20-7-5-16)21-10-2-3-12(15)11(8-10)14(18)19/h2-3,8-9H,4-7,15H2,1H3,(H,18,19). The molecule has 21 heavy (non-hydrogen) atoms. The van der Waals surface area contributed by atoms with Gasteiger partial charge in [0.1, 0.15) is 5.75 Å². The minimum atomic E-state index is -1.13. The highest BCUT2D eigenvalue weighted by Crippen LogP contribution is 2.21. The number of nitrogen functional groups attached to an aromatic ring is 1. The van der Waals surface area contributed by atoms with E-state index in [2.05, 4.69) is 0 Å². The number of carbonyl (C=O) groups excluding carboxylic acids is 1. The van der Waals surface area contributed by atoms with Crippen molar-refractivity contribution in [3.63, 3.8) is 0 Å². The maximum absolute atomic E-state index is 12.2. The van der Waals surface area contributed by atoms with Crippen molar-refractivity contribution in [1.82, 2.24) is 4.90 Å². The van der Waals surface area contributed by atoms with Gasteiger partial charge in [-0.15, -0.1) is 0 Å². The van der Waals surface area contributed by atoms with E-state index >= 15 is 0 Å². The van der Waals surface area contributed by atoms with Crippen LogP contribution >= 0.6 is 0 Å². The van der Waals surface area contributed by atoms with Crippen LogP contribution in [0.1, 0.15) is 17.3 Å². The van der Waals surface area contributed by atoms with Gasteiger partial charge in [0.15, 0.2) is 6.10 Å². The molecule has 3 N–H and O–H groups in total. The first-order chi connectivity index (χ1) is 9.99. The monoisotopic (exact) mass is 294 g/mol. The summed E-state index contributed by atoms with van der Waals surface area (Å²) in [7, 11) is 0. The Morgan fingerprint density at radius 3 is 2.67 bits per heavy atom. The molecule has 1 aromatic carbocycles. The Balaban J connectivity index is 2.05. The SMILES string of the molecule is CC(Oc1ccc(N)c(C(=O)O)c1)C(=O)N1CCOCC1. The number of nitrogens with two attached hydrogens (primary N) is 1. The number of carbonyl (C=O) groups is 2. The Bertz CT molecular complexity index is 540. The predicted octanol–water partition coefficient (Wildman–Crippen LogP) is 0.593. The topological polar surface area (TPSA) is 102 Å². The Morgan fingerprint density at radius 2 is 2.05 bits per heavy atom. The number of carboxylic acids is 1. The van der Waals surface area contributed by atoms with Crippen molar-refractivity contribution in [2.24, 2.45) is 0 Å². The fourth-order valence-corrected chi connectivity index (χ4v) is 2.09. The third-order valence-corrected chi connectivity index (χ3v) is 3.24. The fraction of sp³-hybridized carbons (Fsp3) is 0.429. The summed E-state index contributed by atoms with van der Waals surface area (Å²) in [6.45, 7) is 3.74. The molecule has 1 amide bonds. The molecule has 0 aliphatic carbocycles. The summed E-state index contributed by atoms with van der Waals surface area (Å²) in [5, 5.41) is 9.01. The van der Waals surface area contributed by atoms with Crippen molar-refractivity contribution in [2.75, 3.05) is 32.0 Å². The molecule has 1 atom stereocenters. The number of nitrogens with zero attached hydrogens (tertiary/aromatic N) is 1. The molecule has 114 valence electrons. The van der Waals surface area contributed by atoms with Gasteiger partial charge in [0, 0.05) is 18.8 Å². The summed E-state index contributed by atoms with van der Waals surface area (Å²) < 4.78 is 10.7. The fourth-order valence-electron chi connectivity index (χ4n) is 2.09. The Morgan fingerprint density at radius 1 is 1.38 bits per heavy atom. The van der Waals surface area contributed by atoms with Crippen LogP contribution in [-0.2, 0) is 9.53 Å². The zero-order valence-electron chi connectivity index (χ0n) is 11.7. The van der Waals surface area contributed by atoms with Crippen LogP contribution in [-0.4, -0.2) is 54.3 Å². The molecule has 1 aromatic rings. The van der Waals surface area contributed by atoms with Gasteiger partial charge < -0.3 is 25.2 Å². The number of carboxylic acid groups (broad SMARTS) is 1. The van der Waals surface area contributed by atoms with E-state index in [-0.39, 0.29) is 17.2 Å². The van der Waals surface area contributed by atoms with E-state index < -0.39 is 12.1 Å². The molecule has 0 spiro atoms. The highest BCUT2D eigenvalue weighted by atomic mass is 16.5. The van der Waals surface area contributed by atoms with Crippen LogP contribution in [0.5, 0.6) is 5.75 Å². The molecule has 0 radical (unpaired) electrons. The lowest BCUT2D eigenvalue weighted by Crippen LogP contribution is -2.46. The number of morpholine rings is 1. The second-order valence-electron chi connectivity index (χ2n) is 4.75. The van der Waals surface area contributed by atoms with E-state index in [9.17, 15) is 9.59 Å². The first kappa shape index (κ1) is 15.1. The van der Waals surface area contributed by atoms with Gasteiger partial charge in [0.25, 0.3) is 5.91 Å². The smallest absolute Gasteiger partial charge is 0.337 e. The molecule has 1 saturated heterocycles. The lowest BCUT2D eigenvalue weighted by Gasteiger charge is -2.29. The van der Waals surface area contributed by atoms with Crippen molar-refractivity contribution in [1.29, 1.82) is 0 Å². The predicted molar refractivity (Wildman–Crippen MR) is 75.3 cm³/mol. The van der Waals surface area contributed by atoms with Crippen LogP contribution in [0.25, 0.3) is 0 Å². The third kappa shape index (κ3) is 3.63. The van der Waals surface area contributed by atoms with Crippen LogP contribution in [0.15, 0.2) is 18.2 Å². The highest BCUT2D eigenvalue weighted by molar-refractivity contribution is 5.94. The van der Waals surface area contributed by atoms with Crippen LogP contribution in [0, 0.1) is 0 Å². The maximum atomic E-state index is 12.2. The van der Waals surface area contributed by atoms with Crippen LogP contribution in [0.2, 0.25) is 0 Å². The molecule has 2 rings (SSSR count). The molecular formula is C14H18N2O5. The summed E-state index contributed by atoms with van der Waals surface area (Å²) in [6, 6.07) is 4.32. The van der Waals surface area contributed by atoms with Crippen molar-refractivity contribution in [3.05, 3.63) is 23.8 Å². The molecule has 0 saturated carbocycles. The van der Waals surface area contributed by atoms with Gasteiger partial charge in [-0.25, -0.2) is 4.79 Å². The van der Waals surface area contributed by atoms with Gasteiger partial charge in [-0.05, 0) is 25.1 Å². The molecule has 1 unspecified atom stereocenters. The largest absolute Gasteiger partial charge is 0.481 e. The van der Waals surface area contributed by atoms with E-state index in [0.29, 0.717) is 32.1 Å². The molecule has 1 aliphatic rings. The molecule has 0 bridgehead atoms. The highest BCUT2D eigenvalue weighted by Gasteiger charge is 2.24. The Kier molecular flexibility index (Phi) is 4.64. The molecule has 1 aliphatic heterocycles. The van der Waals surface area contributed by atoms with Gasteiger partial charge in [0.2, 0.25) is 0 Å². The summed E-state index contributed by atoms with van der Waals surface area (Å²) in [5.74, 6) is -0.979. The van der Waals surface area contributed by atoms with E-state index in [4.69, 9.17) is 20.3 Å². The quantitative estimate of drug-likeness (QED) is 0.788. The van der Waals surface area contributed by atoms with Gasteiger partial charge in [0.05, 0.1) is 18.8 Å². The van der Waals surface area contributed by atoms with Gasteiger partial charge >= 0.3 is 5.97 Å². The van der Waals surface area contributed by atoms with Crippen LogP contribution in [0.3, 0.4) is 0 Å². The van der Waals surface area contributed by atoms with Gasteiger partial charge in [-0.1, -0.05) is 0 Å². The van der Waals surface area contributed by atoms with Crippen molar-refractivity contribution in [2.45, 2.75) is 13.0 Å². The van der Waals surface area contributed by atoms with Crippen LogP contribution < -0.4 is 10.5 Å². The molecule has 1 heterocycles. The second kappa shape index (κ2) is 6.45. The first-order valence-electron chi connectivity index (χ1n) is 6.65. The number of hydrogen-bond donors (Lipinski definition) is 2. The van der Waals surface area contributed by atoms with Crippen molar-refractivity contribution >= 4 is 17.6 Å². The van der Waals surface area contributed by atoms with E-state index in [1.54, 1.807) is 17.9 Å². The molecule has 7 nitrogen and oxygen atoms in total. The number of rotatable bonds is 4. The number of aromatic carboxylic acids is 1. The molecule has 1 fully saturated rings. The number of hydrogen-bond acceptors (Lipinski definition) is 5. The molecular weight excluding hydrogens is 276 g/mol. The summed E-state index contributed by atoms with van der Waals surface area (Å²) in [4.78, 5) is 24.9. The van der Waals surface area contributed by atoms with E-state index in [1.165, 1.54) is 12.1 Å². The van der Waals surface area contributed by atoms with Gasteiger partial charge in [-0.3, -0.25) is 4.79 Å². The first-order valence-corrected chi connectivity index (χ1v) is 6.65. The Hall–Kier alpha value is -2.28. The average molecular weight is 294 g/mol. The summed E-state index contributed by atoms with van der Waals surface area (Å²) in [5.41, 5.74) is 5.68. The minimum Gasteiger partial charge on any atom is -0.481 e. The lowest BCUT2D eigenvalue weighted by atomic mass is 10.1. The van der Waals surface area contributed by atoms with E-state index in [1.807, 2.05) is 0 Å². The van der Waals surface area contributed by atoms with Gasteiger partial charge in [-0.2, -0.15) is 0 Å². The Labute approximate surface area is 122 Å². The normalized spacial score (nSPS) is 16.3. The number of benzene rings is 1. The number of amides is 1. The zero-order chi connectivity index (χ0) is 15.4. The van der Waals surface area contributed by atoms with Crippen molar-refractivity contribution < 1.29 is 24.2 Å². The number of ether oxygens (including phenoxy) is 2. The minimum absolute atomic E-state index is 0.0430. The molecule has 0 aromatic heterocycles. The molecule has 7 heteroatoms. The van der Waals surface area contributed by atoms with Crippen molar-refractivity contribution in [3.8, 4) is 5.75 Å². The summed E-state index contributed by atoms with van der Waals surface area (Å²) in [6.07, 6.45) is -0.701. The third-order valence-electron chi connectivity index (χ3n) is 3.24. The average Bonchev–Trinajstić information content (AvgIpc) is 2.49. The maximum Gasteiger partial charge on any atom is 0.337 e. The second-order valence-corrected chi connectivity index (χ2v) is 4.75. The summed E-state index contributed by atoms with van der Waals surface area (Å²) >= 11 is 0. The lowest BCUT2D eigenvalue weighted by molar-refractivity contribution is -0.142. The van der Waals surface area contributed by atoms with Crippen LogP contribution in [0.4, 0.5) is 5.69 Å².